The molecule has 2 heterocycles. The molecule has 0 radical (unpaired) electrons. The number of carbonyl (C=O) groups excluding carboxylic acids is 1. The molecule has 5 nitrogen and oxygen atoms in total. The van der Waals surface area contributed by atoms with E-state index in [1.165, 1.54) is 5.56 Å². The Balaban J connectivity index is 1.60. The smallest absolute Gasteiger partial charge is 0.255 e. The quantitative estimate of drug-likeness (QED) is 0.426. The fourth-order valence-electron chi connectivity index (χ4n) is 3.52. The van der Waals surface area contributed by atoms with Crippen LogP contribution in [0.25, 0.3) is 11.3 Å². The van der Waals surface area contributed by atoms with Crippen LogP contribution >= 0.6 is 11.3 Å². The summed E-state index contributed by atoms with van der Waals surface area (Å²) in [5.74, 6) is 0.649. The van der Waals surface area contributed by atoms with Crippen molar-refractivity contribution in [1.29, 1.82) is 0 Å². The van der Waals surface area contributed by atoms with Crippen molar-refractivity contribution in [3.63, 3.8) is 0 Å². The van der Waals surface area contributed by atoms with E-state index in [1.54, 1.807) is 18.4 Å². The molecule has 1 unspecified atom stereocenters. The molecule has 0 bridgehead atoms. The van der Waals surface area contributed by atoms with Gasteiger partial charge in [-0.25, -0.2) is 0 Å². The third-order valence-electron chi connectivity index (χ3n) is 5.06. The van der Waals surface area contributed by atoms with E-state index >= 15 is 0 Å². The number of aromatic nitrogens is 2. The Morgan fingerprint density at radius 1 is 1.10 bits per heavy atom. The van der Waals surface area contributed by atoms with Crippen LogP contribution in [-0.4, -0.2) is 28.8 Å². The minimum atomic E-state index is -0.118. The highest BCUT2D eigenvalue weighted by atomic mass is 32.1. The van der Waals surface area contributed by atoms with Gasteiger partial charge >= 0.3 is 0 Å². The Morgan fingerprint density at radius 3 is 2.55 bits per heavy atom. The van der Waals surface area contributed by atoms with Gasteiger partial charge < -0.3 is 10.1 Å². The van der Waals surface area contributed by atoms with Gasteiger partial charge in [0.05, 0.1) is 19.2 Å². The predicted molar refractivity (Wildman–Crippen MR) is 125 cm³/mol. The molecular formula is C25H25N3O2S. The summed E-state index contributed by atoms with van der Waals surface area (Å²) in [5, 5.41) is 12.1. The van der Waals surface area contributed by atoms with E-state index in [0.717, 1.165) is 23.3 Å². The largest absolute Gasteiger partial charge is 0.497 e. The van der Waals surface area contributed by atoms with Crippen molar-refractivity contribution < 1.29 is 9.53 Å². The van der Waals surface area contributed by atoms with Crippen LogP contribution in [0.2, 0.25) is 0 Å². The van der Waals surface area contributed by atoms with Gasteiger partial charge in [0.1, 0.15) is 11.4 Å². The summed E-state index contributed by atoms with van der Waals surface area (Å²) in [7, 11) is 1.64. The second kappa shape index (κ2) is 9.62. The maximum Gasteiger partial charge on any atom is 0.255 e. The van der Waals surface area contributed by atoms with Gasteiger partial charge in [-0.15, -0.1) is 0 Å². The van der Waals surface area contributed by atoms with E-state index in [-0.39, 0.29) is 11.9 Å². The minimum absolute atomic E-state index is 0.0169. The zero-order valence-corrected chi connectivity index (χ0v) is 18.4. The van der Waals surface area contributed by atoms with Crippen LogP contribution in [0, 0.1) is 0 Å². The van der Waals surface area contributed by atoms with Crippen molar-refractivity contribution in [2.75, 3.05) is 7.11 Å². The summed E-state index contributed by atoms with van der Waals surface area (Å²) in [6.45, 7) is 2.62. The lowest BCUT2D eigenvalue weighted by atomic mass is 10.1. The first-order valence-corrected chi connectivity index (χ1v) is 11.1. The molecule has 0 saturated heterocycles. The fraction of sp³-hybridized carbons (Fsp3) is 0.200. The van der Waals surface area contributed by atoms with Crippen molar-refractivity contribution in [1.82, 2.24) is 15.1 Å². The summed E-state index contributed by atoms with van der Waals surface area (Å²) in [6.07, 6.45) is 2.63. The lowest BCUT2D eigenvalue weighted by Crippen LogP contribution is -2.34. The van der Waals surface area contributed by atoms with E-state index in [2.05, 4.69) is 34.3 Å². The number of hydrogen-bond acceptors (Lipinski definition) is 4. The number of nitrogens with one attached hydrogen (secondary N) is 1. The lowest BCUT2D eigenvalue weighted by Gasteiger charge is -2.13. The van der Waals surface area contributed by atoms with E-state index in [0.29, 0.717) is 17.8 Å². The molecule has 1 atom stereocenters. The first-order valence-electron chi connectivity index (χ1n) is 10.2. The number of ether oxygens (including phenoxy) is 1. The molecule has 1 amide bonds. The SMILES string of the molecule is COc1ccc(-c2nn(Cc3ccccc3)cc2C(=O)NC(C)Cc2ccsc2)cc1. The van der Waals surface area contributed by atoms with Crippen LogP contribution in [0.3, 0.4) is 0 Å². The van der Waals surface area contributed by atoms with Gasteiger partial charge in [0, 0.05) is 17.8 Å². The Labute approximate surface area is 186 Å². The Bertz CT molecular complexity index is 1120. The highest BCUT2D eigenvalue weighted by Gasteiger charge is 2.20. The second-order valence-electron chi connectivity index (χ2n) is 7.51. The number of benzene rings is 2. The zero-order chi connectivity index (χ0) is 21.6. The normalized spacial score (nSPS) is 11.8. The molecule has 0 aliphatic heterocycles. The summed E-state index contributed by atoms with van der Waals surface area (Å²) < 4.78 is 7.09. The van der Waals surface area contributed by atoms with Crippen molar-refractivity contribution in [2.24, 2.45) is 0 Å². The topological polar surface area (TPSA) is 56.2 Å². The minimum Gasteiger partial charge on any atom is -0.497 e. The molecule has 158 valence electrons. The number of amides is 1. The van der Waals surface area contributed by atoms with Crippen molar-refractivity contribution in [3.8, 4) is 17.0 Å². The maximum atomic E-state index is 13.2. The van der Waals surface area contributed by atoms with Crippen LogP contribution in [0.5, 0.6) is 5.75 Å². The maximum absolute atomic E-state index is 13.2. The molecule has 6 heteroatoms. The third kappa shape index (κ3) is 5.22. The molecule has 2 aromatic heterocycles. The summed E-state index contributed by atoms with van der Waals surface area (Å²) in [4.78, 5) is 13.2. The second-order valence-corrected chi connectivity index (χ2v) is 8.29. The van der Waals surface area contributed by atoms with Gasteiger partial charge in [-0.3, -0.25) is 9.48 Å². The van der Waals surface area contributed by atoms with Gasteiger partial charge in [-0.2, -0.15) is 16.4 Å². The van der Waals surface area contributed by atoms with Gasteiger partial charge in [-0.05, 0) is 65.6 Å². The van der Waals surface area contributed by atoms with Crippen molar-refractivity contribution >= 4 is 17.2 Å². The number of thiophene rings is 1. The number of carbonyl (C=O) groups is 1. The predicted octanol–water partition coefficient (Wildman–Crippen LogP) is 5.03. The van der Waals surface area contributed by atoms with Gasteiger partial charge in [0.2, 0.25) is 0 Å². The van der Waals surface area contributed by atoms with Crippen molar-refractivity contribution in [3.05, 3.63) is 94.3 Å². The average Bonchev–Trinajstić information content (AvgIpc) is 3.44. The fourth-order valence-corrected chi connectivity index (χ4v) is 4.20. The van der Waals surface area contributed by atoms with Crippen LogP contribution in [0.15, 0.2) is 77.6 Å². The van der Waals surface area contributed by atoms with Crippen LogP contribution < -0.4 is 10.1 Å². The van der Waals surface area contributed by atoms with E-state index < -0.39 is 0 Å². The van der Waals surface area contributed by atoms with Gasteiger partial charge in [0.15, 0.2) is 0 Å². The standard InChI is InChI=1S/C25H25N3O2S/c1-18(14-20-12-13-31-17-20)26-25(29)23-16-28(15-19-6-4-3-5-7-19)27-24(23)21-8-10-22(30-2)11-9-21/h3-13,16-18H,14-15H2,1-2H3,(H,26,29). The molecule has 1 N–H and O–H groups in total. The number of rotatable bonds is 8. The molecule has 4 rings (SSSR count). The first kappa shape index (κ1) is 20.9. The Morgan fingerprint density at radius 2 is 1.87 bits per heavy atom. The molecule has 31 heavy (non-hydrogen) atoms. The number of nitrogens with zero attached hydrogens (tertiary/aromatic N) is 2. The molecule has 4 aromatic rings. The van der Waals surface area contributed by atoms with Crippen molar-refractivity contribution in [2.45, 2.75) is 25.9 Å². The number of methoxy groups -OCH3 is 1. The average molecular weight is 432 g/mol. The summed E-state index contributed by atoms with van der Waals surface area (Å²) >= 11 is 1.67. The van der Waals surface area contributed by atoms with E-state index in [4.69, 9.17) is 9.84 Å². The third-order valence-corrected chi connectivity index (χ3v) is 5.79. The Kier molecular flexibility index (Phi) is 6.48. The highest BCUT2D eigenvalue weighted by Crippen LogP contribution is 2.25. The van der Waals surface area contributed by atoms with E-state index in [9.17, 15) is 4.79 Å². The highest BCUT2D eigenvalue weighted by molar-refractivity contribution is 7.07. The van der Waals surface area contributed by atoms with Crippen LogP contribution in [-0.2, 0) is 13.0 Å². The molecule has 2 aromatic carbocycles. The number of hydrogen-bond donors (Lipinski definition) is 1. The van der Waals surface area contributed by atoms with Crippen LogP contribution in [0.1, 0.15) is 28.4 Å². The lowest BCUT2D eigenvalue weighted by molar-refractivity contribution is 0.0940. The zero-order valence-electron chi connectivity index (χ0n) is 17.6. The van der Waals surface area contributed by atoms with Gasteiger partial charge in [0.25, 0.3) is 5.91 Å². The summed E-state index contributed by atoms with van der Waals surface area (Å²) in [5.41, 5.74) is 4.47. The molecule has 0 aliphatic carbocycles. The summed E-state index contributed by atoms with van der Waals surface area (Å²) in [6, 6.07) is 19.8. The molecular weight excluding hydrogens is 406 g/mol. The molecule has 0 spiro atoms. The molecule has 0 fully saturated rings. The Hall–Kier alpha value is -3.38. The van der Waals surface area contributed by atoms with Gasteiger partial charge in [-0.1, -0.05) is 30.3 Å². The first-order chi connectivity index (χ1) is 15.1. The monoisotopic (exact) mass is 431 g/mol. The van der Waals surface area contributed by atoms with E-state index in [1.807, 2.05) is 60.3 Å². The molecule has 0 aliphatic rings. The molecule has 0 saturated carbocycles. The van der Waals surface area contributed by atoms with Crippen LogP contribution in [0.4, 0.5) is 0 Å².